The molecule has 92 valence electrons. The molecular weight excluding hydrogens is 220 g/mol. The summed E-state index contributed by atoms with van der Waals surface area (Å²) in [6, 6.07) is 8.44. The van der Waals surface area contributed by atoms with Gasteiger partial charge < -0.3 is 0 Å². The minimum absolute atomic E-state index is 0.507. The minimum atomic E-state index is 0.507. The average Bonchev–Trinajstić information content (AvgIpc) is 2.37. The molecule has 1 atom stereocenters. The van der Waals surface area contributed by atoms with Crippen LogP contribution in [0.1, 0.15) is 26.3 Å². The number of aliphatic imine (C=N–C) groups is 1. The predicted octanol–water partition coefficient (Wildman–Crippen LogP) is 4.16. The van der Waals surface area contributed by atoms with Crippen LogP contribution >= 0.6 is 0 Å². The molecule has 0 radical (unpaired) electrons. The second-order valence-electron chi connectivity index (χ2n) is 5.44. The smallest absolute Gasteiger partial charge is 0.0961 e. The van der Waals surface area contributed by atoms with Crippen molar-refractivity contribution in [1.82, 2.24) is 4.98 Å². The Balaban J connectivity index is 2.27. The van der Waals surface area contributed by atoms with Crippen LogP contribution in [0.15, 0.2) is 35.5 Å². The molecular formula is C16H18N2. The topological polar surface area (TPSA) is 25.2 Å². The maximum Gasteiger partial charge on any atom is 0.0961 e. The van der Waals surface area contributed by atoms with Crippen LogP contribution in [-0.2, 0) is 6.42 Å². The van der Waals surface area contributed by atoms with Crippen LogP contribution in [-0.4, -0.2) is 10.7 Å². The van der Waals surface area contributed by atoms with E-state index in [-0.39, 0.29) is 0 Å². The second-order valence-corrected chi connectivity index (χ2v) is 5.44. The third kappa shape index (κ3) is 1.72. The molecule has 0 aliphatic carbocycles. The highest BCUT2D eigenvalue weighted by atomic mass is 14.8. The first kappa shape index (κ1) is 11.4. The van der Waals surface area contributed by atoms with Gasteiger partial charge in [-0.25, -0.2) is 0 Å². The number of aromatic nitrogens is 1. The lowest BCUT2D eigenvalue weighted by atomic mass is 9.86. The first-order valence-electron chi connectivity index (χ1n) is 6.62. The molecule has 0 amide bonds. The lowest BCUT2D eigenvalue weighted by Gasteiger charge is -2.24. The Kier molecular flexibility index (Phi) is 2.66. The van der Waals surface area contributed by atoms with Crippen LogP contribution in [0.3, 0.4) is 0 Å². The highest BCUT2D eigenvalue weighted by Crippen LogP contribution is 2.35. The molecule has 0 spiro atoms. The predicted molar refractivity (Wildman–Crippen MR) is 76.5 cm³/mol. The quantitative estimate of drug-likeness (QED) is 0.732. The van der Waals surface area contributed by atoms with E-state index in [9.17, 15) is 0 Å². The Morgan fingerprint density at radius 3 is 2.83 bits per heavy atom. The van der Waals surface area contributed by atoms with Crippen molar-refractivity contribution >= 4 is 22.3 Å². The number of hydrogen-bond donors (Lipinski definition) is 0. The first-order chi connectivity index (χ1) is 8.66. The molecule has 2 heterocycles. The fourth-order valence-electron chi connectivity index (χ4n) is 2.83. The standard InChI is InChI=1S/C16H18N2/c1-10(2)14-11(3)9-13-7-6-12-5-4-8-17-15(12)16(13)18-14/h4-8,10-11H,9H2,1-3H3. The minimum Gasteiger partial charge on any atom is -0.255 e. The van der Waals surface area contributed by atoms with Gasteiger partial charge >= 0.3 is 0 Å². The Morgan fingerprint density at radius 1 is 1.22 bits per heavy atom. The van der Waals surface area contributed by atoms with E-state index in [0.717, 1.165) is 17.6 Å². The van der Waals surface area contributed by atoms with Gasteiger partial charge in [-0.05, 0) is 29.9 Å². The summed E-state index contributed by atoms with van der Waals surface area (Å²) in [6.45, 7) is 6.71. The van der Waals surface area contributed by atoms with E-state index in [4.69, 9.17) is 4.99 Å². The van der Waals surface area contributed by atoms with Crippen LogP contribution < -0.4 is 0 Å². The molecule has 1 aromatic carbocycles. The Labute approximate surface area is 108 Å². The zero-order chi connectivity index (χ0) is 12.7. The molecule has 2 nitrogen and oxygen atoms in total. The summed E-state index contributed by atoms with van der Waals surface area (Å²) >= 11 is 0. The number of benzene rings is 1. The van der Waals surface area contributed by atoms with Crippen LogP contribution in [0, 0.1) is 11.8 Å². The van der Waals surface area contributed by atoms with Gasteiger partial charge in [0, 0.05) is 17.3 Å². The summed E-state index contributed by atoms with van der Waals surface area (Å²) in [7, 11) is 0. The number of rotatable bonds is 1. The highest BCUT2D eigenvalue weighted by Gasteiger charge is 2.23. The van der Waals surface area contributed by atoms with E-state index in [1.165, 1.54) is 16.7 Å². The highest BCUT2D eigenvalue weighted by molar-refractivity contribution is 5.99. The maximum absolute atomic E-state index is 4.91. The molecule has 2 heteroatoms. The van der Waals surface area contributed by atoms with E-state index in [1.54, 1.807) is 0 Å². The second kappa shape index (κ2) is 4.20. The van der Waals surface area contributed by atoms with Crippen LogP contribution in [0.2, 0.25) is 0 Å². The van der Waals surface area contributed by atoms with Gasteiger partial charge in [-0.3, -0.25) is 9.98 Å². The van der Waals surface area contributed by atoms with Gasteiger partial charge in [-0.15, -0.1) is 0 Å². The van der Waals surface area contributed by atoms with Gasteiger partial charge in [0.1, 0.15) is 0 Å². The molecule has 0 saturated heterocycles. The monoisotopic (exact) mass is 238 g/mol. The van der Waals surface area contributed by atoms with Gasteiger partial charge in [0.05, 0.1) is 11.2 Å². The summed E-state index contributed by atoms with van der Waals surface area (Å²) in [6.07, 6.45) is 2.93. The van der Waals surface area contributed by atoms with Crippen LogP contribution in [0.5, 0.6) is 0 Å². The Bertz CT molecular complexity index is 626. The number of hydrogen-bond acceptors (Lipinski definition) is 2. The molecule has 1 aromatic heterocycles. The fraction of sp³-hybridized carbons (Fsp3) is 0.375. The molecule has 0 N–H and O–H groups in total. The Morgan fingerprint density at radius 2 is 2.06 bits per heavy atom. The molecule has 2 aromatic rings. The van der Waals surface area contributed by atoms with Gasteiger partial charge in [-0.2, -0.15) is 0 Å². The van der Waals surface area contributed by atoms with Crippen molar-refractivity contribution in [2.45, 2.75) is 27.2 Å². The van der Waals surface area contributed by atoms with Crippen molar-refractivity contribution in [2.24, 2.45) is 16.8 Å². The normalized spacial score (nSPS) is 18.9. The van der Waals surface area contributed by atoms with E-state index in [2.05, 4.69) is 44.0 Å². The van der Waals surface area contributed by atoms with Crippen molar-refractivity contribution in [3.05, 3.63) is 36.0 Å². The van der Waals surface area contributed by atoms with Gasteiger partial charge in [0.2, 0.25) is 0 Å². The summed E-state index contributed by atoms with van der Waals surface area (Å²) in [5.74, 6) is 1.05. The SMILES string of the molecule is CC(C)C1=Nc2c(ccc3cccnc23)CC1C. The number of pyridine rings is 1. The summed E-state index contributed by atoms with van der Waals surface area (Å²) < 4.78 is 0. The zero-order valence-electron chi connectivity index (χ0n) is 11.1. The van der Waals surface area contributed by atoms with Gasteiger partial charge in [0.15, 0.2) is 0 Å². The van der Waals surface area contributed by atoms with Crippen molar-refractivity contribution in [2.75, 3.05) is 0 Å². The summed E-state index contributed by atoms with van der Waals surface area (Å²) in [4.78, 5) is 9.41. The van der Waals surface area contributed by atoms with Crippen molar-refractivity contribution in [1.29, 1.82) is 0 Å². The van der Waals surface area contributed by atoms with E-state index in [1.807, 2.05) is 12.3 Å². The average molecular weight is 238 g/mol. The van der Waals surface area contributed by atoms with Gasteiger partial charge in [0.25, 0.3) is 0 Å². The molecule has 1 aliphatic heterocycles. The van der Waals surface area contributed by atoms with Crippen molar-refractivity contribution in [3.63, 3.8) is 0 Å². The lowest BCUT2D eigenvalue weighted by Crippen LogP contribution is -2.22. The first-order valence-corrected chi connectivity index (χ1v) is 6.62. The number of nitrogens with zero attached hydrogens (tertiary/aromatic N) is 2. The molecule has 1 unspecified atom stereocenters. The van der Waals surface area contributed by atoms with Crippen molar-refractivity contribution < 1.29 is 0 Å². The molecule has 0 fully saturated rings. The lowest BCUT2D eigenvalue weighted by molar-refractivity contribution is 0.692. The molecule has 0 bridgehead atoms. The third-order valence-electron chi connectivity index (χ3n) is 3.69. The van der Waals surface area contributed by atoms with Crippen LogP contribution in [0.4, 0.5) is 5.69 Å². The molecule has 0 saturated carbocycles. The molecule has 3 rings (SSSR count). The molecule has 1 aliphatic rings. The fourth-order valence-corrected chi connectivity index (χ4v) is 2.83. The Hall–Kier alpha value is -1.70. The molecule has 18 heavy (non-hydrogen) atoms. The maximum atomic E-state index is 4.91. The number of fused-ring (bicyclic) bond motifs is 3. The van der Waals surface area contributed by atoms with E-state index >= 15 is 0 Å². The van der Waals surface area contributed by atoms with Crippen molar-refractivity contribution in [3.8, 4) is 0 Å². The van der Waals surface area contributed by atoms with E-state index < -0.39 is 0 Å². The van der Waals surface area contributed by atoms with Gasteiger partial charge in [-0.1, -0.05) is 39.0 Å². The van der Waals surface area contributed by atoms with E-state index in [0.29, 0.717) is 11.8 Å². The largest absolute Gasteiger partial charge is 0.255 e. The van der Waals surface area contributed by atoms with Crippen LogP contribution in [0.25, 0.3) is 10.9 Å². The zero-order valence-corrected chi connectivity index (χ0v) is 11.1. The summed E-state index contributed by atoms with van der Waals surface area (Å²) in [5, 5.41) is 1.18. The summed E-state index contributed by atoms with van der Waals surface area (Å²) in [5.41, 5.74) is 4.77. The third-order valence-corrected chi connectivity index (χ3v) is 3.69.